The lowest BCUT2D eigenvalue weighted by atomic mass is 10.3. The molecule has 1 aromatic heterocycles. The van der Waals surface area contributed by atoms with Crippen LogP contribution in [0, 0.1) is 0 Å². The molecule has 0 aliphatic heterocycles. The minimum atomic E-state index is -0.684. The van der Waals surface area contributed by atoms with Gasteiger partial charge in [-0.15, -0.1) is 5.10 Å². The number of carbonyl (C=O) groups is 1. The van der Waals surface area contributed by atoms with Crippen LogP contribution in [0.5, 0.6) is 17.4 Å². The maximum absolute atomic E-state index is 12.0. The minimum Gasteiger partial charge on any atom is -0.497 e. The zero-order chi connectivity index (χ0) is 16.9. The van der Waals surface area contributed by atoms with E-state index in [2.05, 4.69) is 10.4 Å². The summed E-state index contributed by atoms with van der Waals surface area (Å²) in [5.74, 6) is 1.15. The number of benzene rings is 2. The number of carbonyl (C=O) groups excluding carboxylic acids is 1. The predicted octanol–water partition coefficient (Wildman–Crippen LogP) is 3.20. The number of hydrogen-bond acceptors (Lipinski definition) is 5. The molecule has 7 nitrogen and oxygen atoms in total. The van der Waals surface area contributed by atoms with E-state index in [0.717, 1.165) is 0 Å². The zero-order valence-corrected chi connectivity index (χ0v) is 12.8. The van der Waals surface area contributed by atoms with E-state index in [0.29, 0.717) is 17.2 Å². The van der Waals surface area contributed by atoms with Crippen LogP contribution in [0.25, 0.3) is 5.69 Å². The van der Waals surface area contributed by atoms with Crippen molar-refractivity contribution in [3.63, 3.8) is 0 Å². The van der Waals surface area contributed by atoms with Crippen LogP contribution in [0.2, 0.25) is 0 Å². The van der Waals surface area contributed by atoms with Gasteiger partial charge in [0, 0.05) is 6.07 Å². The summed E-state index contributed by atoms with van der Waals surface area (Å²) in [5.41, 5.74) is 0.645. The Bertz CT molecular complexity index is 829. The highest BCUT2D eigenvalue weighted by Crippen LogP contribution is 2.23. The lowest BCUT2D eigenvalue weighted by molar-refractivity contribution is 0.215. The molecule has 0 saturated heterocycles. The van der Waals surface area contributed by atoms with E-state index in [1.807, 2.05) is 6.07 Å². The van der Waals surface area contributed by atoms with Gasteiger partial charge in [-0.3, -0.25) is 5.32 Å². The average Bonchev–Trinajstić information content (AvgIpc) is 2.96. The van der Waals surface area contributed by atoms with Gasteiger partial charge < -0.3 is 14.6 Å². The zero-order valence-electron chi connectivity index (χ0n) is 12.8. The first-order valence-corrected chi connectivity index (χ1v) is 7.13. The Morgan fingerprint density at radius 2 is 1.79 bits per heavy atom. The summed E-state index contributed by atoms with van der Waals surface area (Å²) in [7, 11) is 1.57. The van der Waals surface area contributed by atoms with Crippen LogP contribution < -0.4 is 14.8 Å². The van der Waals surface area contributed by atoms with Gasteiger partial charge in [-0.25, -0.2) is 9.48 Å². The SMILES string of the molecule is COc1ccc(-n2nc(O)cc2NC(=O)Oc2ccccc2)cc1. The van der Waals surface area contributed by atoms with Crippen LogP contribution in [0.15, 0.2) is 60.7 Å². The second-order valence-electron chi connectivity index (χ2n) is 4.83. The van der Waals surface area contributed by atoms with Gasteiger partial charge in [0.15, 0.2) is 0 Å². The van der Waals surface area contributed by atoms with Crippen LogP contribution in [0.4, 0.5) is 10.6 Å². The molecule has 0 bridgehead atoms. The number of anilines is 1. The molecule has 1 amide bonds. The monoisotopic (exact) mass is 325 g/mol. The summed E-state index contributed by atoms with van der Waals surface area (Å²) in [6.07, 6.45) is -0.684. The minimum absolute atomic E-state index is 0.221. The van der Waals surface area contributed by atoms with Crippen LogP contribution in [0.1, 0.15) is 0 Å². The van der Waals surface area contributed by atoms with Gasteiger partial charge in [0.2, 0.25) is 5.88 Å². The largest absolute Gasteiger partial charge is 0.497 e. The molecular formula is C17H15N3O4. The summed E-state index contributed by atoms with van der Waals surface area (Å²) in [4.78, 5) is 12.0. The molecule has 3 aromatic rings. The molecule has 0 radical (unpaired) electrons. The highest BCUT2D eigenvalue weighted by atomic mass is 16.6. The van der Waals surface area contributed by atoms with Crippen molar-refractivity contribution < 1.29 is 19.4 Å². The van der Waals surface area contributed by atoms with Crippen molar-refractivity contribution in [2.45, 2.75) is 0 Å². The van der Waals surface area contributed by atoms with Gasteiger partial charge in [-0.05, 0) is 36.4 Å². The number of methoxy groups -OCH3 is 1. The third-order valence-corrected chi connectivity index (χ3v) is 3.20. The molecule has 0 unspecified atom stereocenters. The fraction of sp³-hybridized carbons (Fsp3) is 0.0588. The van der Waals surface area contributed by atoms with E-state index in [9.17, 15) is 9.90 Å². The van der Waals surface area contributed by atoms with Gasteiger partial charge in [0.25, 0.3) is 0 Å². The van der Waals surface area contributed by atoms with Crippen LogP contribution in [-0.2, 0) is 0 Å². The summed E-state index contributed by atoms with van der Waals surface area (Å²) in [5, 5.41) is 16.2. The van der Waals surface area contributed by atoms with Gasteiger partial charge >= 0.3 is 6.09 Å². The fourth-order valence-electron chi connectivity index (χ4n) is 2.10. The van der Waals surface area contributed by atoms with E-state index >= 15 is 0 Å². The summed E-state index contributed by atoms with van der Waals surface area (Å²) < 4.78 is 11.7. The predicted molar refractivity (Wildman–Crippen MR) is 87.9 cm³/mol. The maximum atomic E-state index is 12.0. The number of ether oxygens (including phenoxy) is 2. The topological polar surface area (TPSA) is 85.6 Å². The lowest BCUT2D eigenvalue weighted by Crippen LogP contribution is -2.19. The maximum Gasteiger partial charge on any atom is 0.418 e. The number of hydrogen-bond donors (Lipinski definition) is 2. The molecule has 0 aliphatic carbocycles. The molecule has 122 valence electrons. The second-order valence-corrected chi connectivity index (χ2v) is 4.83. The van der Waals surface area contributed by atoms with Gasteiger partial charge in [0.05, 0.1) is 12.8 Å². The molecule has 3 rings (SSSR count). The molecule has 0 atom stereocenters. The molecule has 0 aliphatic rings. The van der Waals surface area contributed by atoms with E-state index in [-0.39, 0.29) is 11.7 Å². The molecule has 0 fully saturated rings. The standard InChI is InChI=1S/C17H15N3O4/c1-23-13-9-7-12(8-10-13)20-15(11-16(21)19-20)18-17(22)24-14-5-3-2-4-6-14/h2-11H,1H3,(H,18,22)(H,19,21). The number of aromatic nitrogens is 2. The first-order chi connectivity index (χ1) is 11.7. The van der Waals surface area contributed by atoms with Crippen molar-refractivity contribution in [2.75, 3.05) is 12.4 Å². The summed E-state index contributed by atoms with van der Waals surface area (Å²) in [6, 6.07) is 17.0. The van der Waals surface area contributed by atoms with E-state index in [1.54, 1.807) is 55.6 Å². The molecule has 0 spiro atoms. The third kappa shape index (κ3) is 3.46. The Kier molecular flexibility index (Phi) is 4.33. The Labute approximate surface area is 138 Å². The smallest absolute Gasteiger partial charge is 0.418 e. The van der Waals surface area contributed by atoms with E-state index in [4.69, 9.17) is 9.47 Å². The first kappa shape index (κ1) is 15.4. The van der Waals surface area contributed by atoms with Crippen LogP contribution in [0.3, 0.4) is 0 Å². The number of para-hydroxylation sites is 1. The van der Waals surface area contributed by atoms with E-state index in [1.165, 1.54) is 10.7 Å². The number of amides is 1. The number of nitrogens with zero attached hydrogens (tertiary/aromatic N) is 2. The average molecular weight is 325 g/mol. The number of nitrogens with one attached hydrogen (secondary N) is 1. The molecule has 1 heterocycles. The Morgan fingerprint density at radius 3 is 2.46 bits per heavy atom. The quantitative estimate of drug-likeness (QED) is 0.769. The van der Waals surface area contributed by atoms with Crippen molar-refractivity contribution >= 4 is 11.9 Å². The van der Waals surface area contributed by atoms with Gasteiger partial charge in [0.1, 0.15) is 17.3 Å². The Morgan fingerprint density at radius 1 is 1.08 bits per heavy atom. The fourth-order valence-corrected chi connectivity index (χ4v) is 2.10. The van der Waals surface area contributed by atoms with Crippen molar-refractivity contribution in [3.05, 3.63) is 60.7 Å². The second kappa shape index (κ2) is 6.74. The van der Waals surface area contributed by atoms with Gasteiger partial charge in [-0.1, -0.05) is 18.2 Å². The van der Waals surface area contributed by atoms with E-state index < -0.39 is 6.09 Å². The van der Waals surface area contributed by atoms with Crippen LogP contribution in [-0.4, -0.2) is 28.1 Å². The number of aromatic hydroxyl groups is 1. The van der Waals surface area contributed by atoms with Crippen LogP contribution >= 0.6 is 0 Å². The van der Waals surface area contributed by atoms with Crippen molar-refractivity contribution in [2.24, 2.45) is 0 Å². The summed E-state index contributed by atoms with van der Waals surface area (Å²) in [6.45, 7) is 0. The molecule has 0 saturated carbocycles. The highest BCUT2D eigenvalue weighted by Gasteiger charge is 2.13. The molecule has 7 heteroatoms. The molecule has 2 aromatic carbocycles. The number of rotatable bonds is 4. The lowest BCUT2D eigenvalue weighted by Gasteiger charge is -2.09. The molecule has 24 heavy (non-hydrogen) atoms. The normalized spacial score (nSPS) is 10.2. The Balaban J connectivity index is 1.79. The van der Waals surface area contributed by atoms with Crippen molar-refractivity contribution in [3.8, 4) is 23.1 Å². The molecule has 2 N–H and O–H groups in total. The Hall–Kier alpha value is -3.48. The van der Waals surface area contributed by atoms with Crippen molar-refractivity contribution in [1.82, 2.24) is 9.78 Å². The summed E-state index contributed by atoms with van der Waals surface area (Å²) >= 11 is 0. The van der Waals surface area contributed by atoms with Crippen molar-refractivity contribution in [1.29, 1.82) is 0 Å². The van der Waals surface area contributed by atoms with Gasteiger partial charge in [-0.2, -0.15) is 0 Å². The third-order valence-electron chi connectivity index (χ3n) is 3.20. The first-order valence-electron chi connectivity index (χ1n) is 7.13. The highest BCUT2D eigenvalue weighted by molar-refractivity contribution is 5.85. The molecular weight excluding hydrogens is 310 g/mol.